The largest absolute Gasteiger partial charge is 0.480 e. The summed E-state index contributed by atoms with van der Waals surface area (Å²) in [5.41, 5.74) is 1.83. The van der Waals surface area contributed by atoms with Crippen molar-refractivity contribution in [2.24, 2.45) is 0 Å². The molecule has 0 saturated carbocycles. The van der Waals surface area contributed by atoms with Gasteiger partial charge < -0.3 is 20.6 Å². The zero-order valence-electron chi connectivity index (χ0n) is 19.6. The van der Waals surface area contributed by atoms with Crippen LogP contribution in [0.4, 0.5) is 5.69 Å². The number of carboxylic acid groups (broad SMARTS) is 3. The number of rotatable bonds is 13. The molecule has 1 unspecified atom stereocenters. The van der Waals surface area contributed by atoms with Gasteiger partial charge in [-0.3, -0.25) is 24.2 Å². The number of anilines is 1. The Kier molecular flexibility index (Phi) is 17.9. The van der Waals surface area contributed by atoms with E-state index < -0.39 is 37.0 Å². The van der Waals surface area contributed by atoms with Crippen LogP contribution >= 0.6 is 0 Å². The monoisotopic (exact) mass is 441 g/mol. The molecule has 0 radical (unpaired) electrons. The van der Waals surface area contributed by atoms with Gasteiger partial charge in [0.15, 0.2) is 0 Å². The topological polar surface area (TPSA) is 130 Å². The SMILES string of the molecule is CC.CC.CCN(CC(=O)O)CC(Cc1ccc(NC)cc1)N(CC(=O)O)CC(=O)O. The Morgan fingerprint density at radius 1 is 0.871 bits per heavy atom. The Labute approximate surface area is 185 Å². The molecular formula is C22H39N3O6. The van der Waals surface area contributed by atoms with Gasteiger partial charge in [0.1, 0.15) is 0 Å². The number of hydrogen-bond acceptors (Lipinski definition) is 6. The summed E-state index contributed by atoms with van der Waals surface area (Å²) in [5, 5.41) is 30.4. The zero-order valence-corrected chi connectivity index (χ0v) is 19.6. The summed E-state index contributed by atoms with van der Waals surface area (Å²) in [6, 6.07) is 7.05. The van der Waals surface area contributed by atoms with Crippen molar-refractivity contribution >= 4 is 23.6 Å². The lowest BCUT2D eigenvalue weighted by Crippen LogP contribution is -2.50. The summed E-state index contributed by atoms with van der Waals surface area (Å²) >= 11 is 0. The molecule has 31 heavy (non-hydrogen) atoms. The van der Waals surface area contributed by atoms with Crippen molar-refractivity contribution in [1.29, 1.82) is 0 Å². The second-order valence-electron chi connectivity index (χ2n) is 6.22. The van der Waals surface area contributed by atoms with E-state index in [4.69, 9.17) is 15.3 Å². The van der Waals surface area contributed by atoms with E-state index in [1.54, 1.807) is 18.9 Å². The molecule has 0 bridgehead atoms. The highest BCUT2D eigenvalue weighted by Gasteiger charge is 2.26. The first-order valence-corrected chi connectivity index (χ1v) is 10.6. The van der Waals surface area contributed by atoms with Crippen LogP contribution in [0.2, 0.25) is 0 Å². The number of hydrogen-bond donors (Lipinski definition) is 4. The average molecular weight is 442 g/mol. The van der Waals surface area contributed by atoms with E-state index in [-0.39, 0.29) is 13.1 Å². The molecule has 178 valence electrons. The summed E-state index contributed by atoms with van der Waals surface area (Å²) < 4.78 is 0. The summed E-state index contributed by atoms with van der Waals surface area (Å²) in [4.78, 5) is 36.5. The first kappa shape index (κ1) is 30.5. The molecular weight excluding hydrogens is 402 g/mol. The van der Waals surface area contributed by atoms with E-state index in [1.807, 2.05) is 52.0 Å². The Balaban J connectivity index is 0. The van der Waals surface area contributed by atoms with E-state index in [0.717, 1.165) is 11.3 Å². The van der Waals surface area contributed by atoms with E-state index in [1.165, 1.54) is 4.90 Å². The van der Waals surface area contributed by atoms with Gasteiger partial charge in [-0.05, 0) is 30.7 Å². The van der Waals surface area contributed by atoms with Crippen LogP contribution in [0.1, 0.15) is 40.2 Å². The van der Waals surface area contributed by atoms with Crippen molar-refractivity contribution in [3.8, 4) is 0 Å². The van der Waals surface area contributed by atoms with Crippen molar-refractivity contribution in [2.45, 2.75) is 47.1 Å². The minimum atomic E-state index is -1.13. The van der Waals surface area contributed by atoms with Crippen LogP contribution in [0.25, 0.3) is 0 Å². The third-order valence-electron chi connectivity index (χ3n) is 4.18. The van der Waals surface area contributed by atoms with Crippen molar-refractivity contribution in [3.05, 3.63) is 29.8 Å². The lowest BCUT2D eigenvalue weighted by atomic mass is 10.0. The van der Waals surface area contributed by atoms with Crippen molar-refractivity contribution < 1.29 is 29.7 Å². The van der Waals surface area contributed by atoms with Crippen molar-refractivity contribution in [1.82, 2.24) is 9.80 Å². The number of aliphatic carboxylic acids is 3. The van der Waals surface area contributed by atoms with Gasteiger partial charge in [0, 0.05) is 25.3 Å². The van der Waals surface area contributed by atoms with Gasteiger partial charge in [0.2, 0.25) is 0 Å². The molecule has 0 saturated heterocycles. The van der Waals surface area contributed by atoms with E-state index in [0.29, 0.717) is 13.0 Å². The molecule has 0 spiro atoms. The summed E-state index contributed by atoms with van der Waals surface area (Å²) in [6.07, 6.45) is 0.403. The first-order chi connectivity index (χ1) is 14.7. The molecule has 1 aromatic rings. The number of likely N-dealkylation sites (N-methyl/N-ethyl adjacent to an activating group) is 1. The van der Waals surface area contributed by atoms with Gasteiger partial charge >= 0.3 is 17.9 Å². The number of carboxylic acids is 3. The van der Waals surface area contributed by atoms with Crippen LogP contribution in [0.3, 0.4) is 0 Å². The number of nitrogens with one attached hydrogen (secondary N) is 1. The minimum absolute atomic E-state index is 0.195. The maximum absolute atomic E-state index is 11.2. The Morgan fingerprint density at radius 2 is 1.32 bits per heavy atom. The lowest BCUT2D eigenvalue weighted by Gasteiger charge is -2.33. The molecule has 9 heteroatoms. The molecule has 9 nitrogen and oxygen atoms in total. The van der Waals surface area contributed by atoms with Gasteiger partial charge in [-0.1, -0.05) is 46.8 Å². The quantitative estimate of drug-likeness (QED) is 0.365. The molecule has 1 aromatic carbocycles. The van der Waals surface area contributed by atoms with Crippen LogP contribution in [-0.4, -0.2) is 88.8 Å². The molecule has 0 amide bonds. The average Bonchev–Trinajstić information content (AvgIpc) is 2.74. The van der Waals surface area contributed by atoms with E-state index in [9.17, 15) is 14.4 Å². The first-order valence-electron chi connectivity index (χ1n) is 10.6. The highest BCUT2D eigenvalue weighted by Crippen LogP contribution is 2.14. The molecule has 0 aliphatic carbocycles. The molecule has 1 atom stereocenters. The van der Waals surface area contributed by atoms with Gasteiger partial charge in [0.05, 0.1) is 19.6 Å². The predicted octanol–water partition coefficient (Wildman–Crippen LogP) is 2.57. The van der Waals surface area contributed by atoms with Gasteiger partial charge in [-0.15, -0.1) is 0 Å². The van der Waals surface area contributed by atoms with E-state index in [2.05, 4.69) is 5.32 Å². The van der Waals surface area contributed by atoms with Crippen LogP contribution in [-0.2, 0) is 20.8 Å². The molecule has 0 aliphatic rings. The predicted molar refractivity (Wildman–Crippen MR) is 123 cm³/mol. The molecule has 0 fully saturated rings. The summed E-state index contributed by atoms with van der Waals surface area (Å²) in [6.45, 7) is 9.44. The number of nitrogens with zero attached hydrogens (tertiary/aromatic N) is 2. The highest BCUT2D eigenvalue weighted by molar-refractivity contribution is 5.72. The Hall–Kier alpha value is -2.65. The van der Waals surface area contributed by atoms with E-state index >= 15 is 0 Å². The maximum atomic E-state index is 11.2. The molecule has 0 aromatic heterocycles. The number of benzene rings is 1. The van der Waals surface area contributed by atoms with Crippen molar-refractivity contribution in [3.63, 3.8) is 0 Å². The molecule has 0 heterocycles. The summed E-state index contributed by atoms with van der Waals surface area (Å²) in [7, 11) is 1.80. The smallest absolute Gasteiger partial charge is 0.317 e. The third kappa shape index (κ3) is 14.1. The lowest BCUT2D eigenvalue weighted by molar-refractivity contribution is -0.144. The second kappa shape index (κ2) is 18.1. The van der Waals surface area contributed by atoms with Crippen molar-refractivity contribution in [2.75, 3.05) is 45.1 Å². The zero-order chi connectivity index (χ0) is 24.4. The number of carbonyl (C=O) groups is 3. The minimum Gasteiger partial charge on any atom is -0.480 e. The highest BCUT2D eigenvalue weighted by atomic mass is 16.4. The van der Waals surface area contributed by atoms with Crippen LogP contribution in [0.5, 0.6) is 0 Å². The fourth-order valence-electron chi connectivity index (χ4n) is 2.85. The van der Waals surface area contributed by atoms with Crippen LogP contribution in [0, 0.1) is 0 Å². The molecule has 4 N–H and O–H groups in total. The van der Waals surface area contributed by atoms with Crippen LogP contribution in [0.15, 0.2) is 24.3 Å². The standard InChI is InChI=1S/C18H27N3O6.2C2H6/c1-3-20(10-16(22)23)9-15(21(11-17(24)25)12-18(26)27)8-13-4-6-14(19-2)7-5-13;2*1-2/h4-7,15,19H,3,8-12H2,1-2H3,(H,22,23)(H,24,25)(H,26,27);2*1-2H3. The summed E-state index contributed by atoms with van der Waals surface area (Å²) in [5.74, 6) is -3.25. The molecule has 1 rings (SSSR count). The fraction of sp³-hybridized carbons (Fsp3) is 0.591. The normalized spacial score (nSPS) is 11.0. The van der Waals surface area contributed by atoms with Gasteiger partial charge in [-0.25, -0.2) is 0 Å². The Morgan fingerprint density at radius 3 is 1.68 bits per heavy atom. The Bertz CT molecular complexity index is 621. The van der Waals surface area contributed by atoms with Gasteiger partial charge in [-0.2, -0.15) is 0 Å². The maximum Gasteiger partial charge on any atom is 0.317 e. The third-order valence-corrected chi connectivity index (χ3v) is 4.18. The molecule has 0 aliphatic heterocycles. The van der Waals surface area contributed by atoms with Crippen LogP contribution < -0.4 is 5.32 Å². The second-order valence-corrected chi connectivity index (χ2v) is 6.22. The van der Waals surface area contributed by atoms with Gasteiger partial charge in [0.25, 0.3) is 0 Å². The fourth-order valence-corrected chi connectivity index (χ4v) is 2.85.